The molecule has 1 fully saturated rings. The van der Waals surface area contributed by atoms with Crippen LogP contribution in [-0.2, 0) is 0 Å². The first-order chi connectivity index (χ1) is 8.53. The fourth-order valence-electron chi connectivity index (χ4n) is 2.29. The summed E-state index contributed by atoms with van der Waals surface area (Å²) >= 11 is 1.58. The Kier molecular flexibility index (Phi) is 6.86. The molecule has 5 heteroatoms. The fraction of sp³-hybridized carbons (Fsp3) is 0.923. The second kappa shape index (κ2) is 7.89. The van der Waals surface area contributed by atoms with Gasteiger partial charge < -0.3 is 15.7 Å². The fourth-order valence-corrected chi connectivity index (χ4v) is 3.02. The summed E-state index contributed by atoms with van der Waals surface area (Å²) < 4.78 is 0. The van der Waals surface area contributed by atoms with Gasteiger partial charge in [-0.1, -0.05) is 25.7 Å². The average molecular weight is 274 g/mol. The third kappa shape index (κ3) is 6.50. The number of rotatable bonds is 5. The van der Waals surface area contributed by atoms with Crippen LogP contribution in [0.15, 0.2) is 0 Å². The lowest BCUT2D eigenvalue weighted by molar-refractivity contribution is 0.0867. The molecule has 1 aliphatic carbocycles. The van der Waals surface area contributed by atoms with E-state index in [0.29, 0.717) is 18.3 Å². The Bertz CT molecular complexity index is 251. The highest BCUT2D eigenvalue weighted by Gasteiger charge is 2.21. The first kappa shape index (κ1) is 15.6. The van der Waals surface area contributed by atoms with Gasteiger partial charge in [-0.25, -0.2) is 4.79 Å². The van der Waals surface area contributed by atoms with Crippen molar-refractivity contribution in [1.82, 2.24) is 10.6 Å². The SMILES string of the molecule is CSCC(C)(O)CNC(=O)NC1CCCCCC1. The van der Waals surface area contributed by atoms with Crippen LogP contribution in [0.3, 0.4) is 0 Å². The summed E-state index contributed by atoms with van der Waals surface area (Å²) in [5.41, 5.74) is -0.833. The maximum absolute atomic E-state index is 11.7. The van der Waals surface area contributed by atoms with Gasteiger partial charge in [0.1, 0.15) is 0 Å². The van der Waals surface area contributed by atoms with Crippen molar-refractivity contribution in [3.8, 4) is 0 Å². The van der Waals surface area contributed by atoms with Crippen LogP contribution in [0.1, 0.15) is 45.4 Å². The normalized spacial score (nSPS) is 20.8. The van der Waals surface area contributed by atoms with E-state index in [-0.39, 0.29) is 6.03 Å². The van der Waals surface area contributed by atoms with Gasteiger partial charge in [0.2, 0.25) is 0 Å². The van der Waals surface area contributed by atoms with Crippen molar-refractivity contribution in [1.29, 1.82) is 0 Å². The minimum Gasteiger partial charge on any atom is -0.387 e. The maximum atomic E-state index is 11.7. The number of urea groups is 1. The lowest BCUT2D eigenvalue weighted by Gasteiger charge is -2.24. The molecule has 2 amide bonds. The quantitative estimate of drug-likeness (QED) is 0.673. The van der Waals surface area contributed by atoms with E-state index in [1.807, 2.05) is 6.26 Å². The van der Waals surface area contributed by atoms with Gasteiger partial charge in [0.15, 0.2) is 0 Å². The molecule has 1 atom stereocenters. The zero-order chi connectivity index (χ0) is 13.4. The molecule has 0 aromatic rings. The van der Waals surface area contributed by atoms with E-state index < -0.39 is 5.60 Å². The van der Waals surface area contributed by atoms with E-state index in [9.17, 15) is 9.90 Å². The second-order valence-corrected chi connectivity index (χ2v) is 6.31. The van der Waals surface area contributed by atoms with Gasteiger partial charge >= 0.3 is 6.03 Å². The van der Waals surface area contributed by atoms with Crippen LogP contribution in [0.2, 0.25) is 0 Å². The van der Waals surface area contributed by atoms with Crippen molar-refractivity contribution in [3.05, 3.63) is 0 Å². The minimum atomic E-state index is -0.833. The molecule has 0 saturated heterocycles. The van der Waals surface area contributed by atoms with E-state index in [1.54, 1.807) is 18.7 Å². The van der Waals surface area contributed by atoms with Crippen LogP contribution >= 0.6 is 11.8 Å². The molecule has 1 saturated carbocycles. The summed E-state index contributed by atoms with van der Waals surface area (Å²) in [6, 6.07) is 0.154. The summed E-state index contributed by atoms with van der Waals surface area (Å²) in [6.07, 6.45) is 9.07. The van der Waals surface area contributed by atoms with Crippen molar-refractivity contribution >= 4 is 17.8 Å². The molecule has 0 aromatic heterocycles. The van der Waals surface area contributed by atoms with E-state index in [1.165, 1.54) is 25.7 Å². The van der Waals surface area contributed by atoms with Crippen molar-refractivity contribution in [3.63, 3.8) is 0 Å². The summed E-state index contributed by atoms with van der Waals surface area (Å²) in [4.78, 5) is 11.7. The molecule has 3 N–H and O–H groups in total. The maximum Gasteiger partial charge on any atom is 0.315 e. The Morgan fingerprint density at radius 1 is 1.33 bits per heavy atom. The predicted molar refractivity (Wildman–Crippen MR) is 77.0 cm³/mol. The van der Waals surface area contributed by atoms with E-state index >= 15 is 0 Å². The van der Waals surface area contributed by atoms with Crippen LogP contribution in [-0.4, -0.2) is 41.3 Å². The minimum absolute atomic E-state index is 0.150. The monoisotopic (exact) mass is 274 g/mol. The largest absolute Gasteiger partial charge is 0.387 e. The molecule has 1 aliphatic rings. The Morgan fingerprint density at radius 2 is 1.94 bits per heavy atom. The third-order valence-corrected chi connectivity index (χ3v) is 4.19. The molecular weight excluding hydrogens is 248 g/mol. The first-order valence-corrected chi connectivity index (χ1v) is 8.18. The number of nitrogens with one attached hydrogen (secondary N) is 2. The van der Waals surface area contributed by atoms with Gasteiger partial charge in [-0.05, 0) is 26.0 Å². The molecule has 0 aliphatic heterocycles. The number of aliphatic hydroxyl groups is 1. The van der Waals surface area contributed by atoms with Crippen LogP contribution < -0.4 is 10.6 Å². The average Bonchev–Trinajstić information content (AvgIpc) is 2.55. The molecule has 1 rings (SSSR count). The molecule has 0 bridgehead atoms. The number of carbonyl (C=O) groups excluding carboxylic acids is 1. The predicted octanol–water partition coefficient (Wildman–Crippen LogP) is 2.12. The number of amides is 2. The number of thioether (sulfide) groups is 1. The molecule has 0 spiro atoms. The van der Waals surface area contributed by atoms with Gasteiger partial charge in [0.05, 0.1) is 5.60 Å². The third-order valence-electron chi connectivity index (χ3n) is 3.28. The zero-order valence-electron chi connectivity index (χ0n) is 11.5. The lowest BCUT2D eigenvalue weighted by atomic mass is 10.1. The molecule has 4 nitrogen and oxygen atoms in total. The highest BCUT2D eigenvalue weighted by Crippen LogP contribution is 2.17. The Morgan fingerprint density at radius 3 is 2.50 bits per heavy atom. The van der Waals surface area contributed by atoms with Gasteiger partial charge in [-0.15, -0.1) is 0 Å². The Balaban J connectivity index is 2.24. The summed E-state index contributed by atoms with van der Waals surface area (Å²) in [5, 5.41) is 15.7. The first-order valence-electron chi connectivity index (χ1n) is 6.79. The summed E-state index contributed by atoms with van der Waals surface area (Å²) in [5.74, 6) is 0.622. The van der Waals surface area contributed by atoms with Gasteiger partial charge in [0.25, 0.3) is 0 Å². The Labute approximate surface area is 114 Å². The lowest BCUT2D eigenvalue weighted by Crippen LogP contribution is -2.48. The zero-order valence-corrected chi connectivity index (χ0v) is 12.3. The van der Waals surface area contributed by atoms with Crippen molar-refractivity contribution in [2.24, 2.45) is 0 Å². The number of hydrogen-bond donors (Lipinski definition) is 3. The molecule has 0 heterocycles. The standard InChI is InChI=1S/C13H26N2O2S/c1-13(17,10-18-2)9-14-12(16)15-11-7-5-3-4-6-8-11/h11,17H,3-10H2,1-2H3,(H2,14,15,16). The summed E-state index contributed by atoms with van der Waals surface area (Å²) in [6.45, 7) is 2.04. The van der Waals surface area contributed by atoms with Crippen LogP contribution in [0.4, 0.5) is 4.79 Å². The van der Waals surface area contributed by atoms with E-state index in [2.05, 4.69) is 10.6 Å². The van der Waals surface area contributed by atoms with Crippen molar-refractivity contribution in [2.75, 3.05) is 18.6 Å². The summed E-state index contributed by atoms with van der Waals surface area (Å²) in [7, 11) is 0. The van der Waals surface area contributed by atoms with Gasteiger partial charge in [0, 0.05) is 18.3 Å². The Hall–Kier alpha value is -0.420. The highest BCUT2D eigenvalue weighted by molar-refractivity contribution is 7.98. The van der Waals surface area contributed by atoms with E-state index in [4.69, 9.17) is 0 Å². The van der Waals surface area contributed by atoms with Crippen LogP contribution in [0, 0.1) is 0 Å². The molecule has 1 unspecified atom stereocenters. The molecule has 106 valence electrons. The number of hydrogen-bond acceptors (Lipinski definition) is 3. The van der Waals surface area contributed by atoms with Gasteiger partial charge in [-0.3, -0.25) is 0 Å². The van der Waals surface area contributed by atoms with Crippen LogP contribution in [0.5, 0.6) is 0 Å². The molecule has 18 heavy (non-hydrogen) atoms. The molecular formula is C13H26N2O2S. The topological polar surface area (TPSA) is 61.4 Å². The van der Waals surface area contributed by atoms with Crippen LogP contribution in [0.25, 0.3) is 0 Å². The highest BCUT2D eigenvalue weighted by atomic mass is 32.2. The van der Waals surface area contributed by atoms with Gasteiger partial charge in [-0.2, -0.15) is 11.8 Å². The van der Waals surface area contributed by atoms with Crippen molar-refractivity contribution < 1.29 is 9.90 Å². The number of carbonyl (C=O) groups is 1. The van der Waals surface area contributed by atoms with E-state index in [0.717, 1.165) is 12.8 Å². The smallest absolute Gasteiger partial charge is 0.315 e. The van der Waals surface area contributed by atoms with Crippen molar-refractivity contribution in [2.45, 2.75) is 57.1 Å². The molecule has 0 aromatic carbocycles. The second-order valence-electron chi connectivity index (χ2n) is 5.45. The molecule has 0 radical (unpaired) electrons.